The number of fused-ring (bicyclic) bond motifs is 5. The second-order valence-corrected chi connectivity index (χ2v) is 12.0. The number of Topliss-reactive ketones (excluding diaryl/α,β-unsaturated/α-hetero) is 1. The minimum Gasteiger partial charge on any atom is -0.390 e. The fourth-order valence-electron chi connectivity index (χ4n) is 8.80. The lowest BCUT2D eigenvalue weighted by atomic mass is 9.41. The number of ketones is 1. The third-order valence-electron chi connectivity index (χ3n) is 10.2. The van der Waals surface area contributed by atoms with Gasteiger partial charge in [-0.05, 0) is 112 Å². The Labute approximate surface area is 166 Å². The lowest BCUT2D eigenvalue weighted by Gasteiger charge is -2.63. The van der Waals surface area contributed by atoms with E-state index in [1.807, 2.05) is 6.92 Å². The molecule has 1 N–H and O–H groups in total. The highest BCUT2D eigenvalue weighted by Gasteiger charge is 2.60. The quantitative estimate of drug-likeness (QED) is 0.610. The van der Waals surface area contributed by atoms with Crippen LogP contribution in [0.1, 0.15) is 98.8 Å². The van der Waals surface area contributed by atoms with E-state index in [4.69, 9.17) is 0 Å². The van der Waals surface area contributed by atoms with Crippen LogP contribution in [-0.4, -0.2) is 16.5 Å². The summed E-state index contributed by atoms with van der Waals surface area (Å²) < 4.78 is 0. The van der Waals surface area contributed by atoms with Crippen LogP contribution in [0.5, 0.6) is 0 Å². The highest BCUT2D eigenvalue weighted by molar-refractivity contribution is 5.79. The fourth-order valence-corrected chi connectivity index (χ4v) is 8.80. The van der Waals surface area contributed by atoms with Crippen molar-refractivity contribution in [3.8, 4) is 0 Å². The minimum absolute atomic E-state index is 0.235. The number of hydrogen-bond donors (Lipinski definition) is 1. The van der Waals surface area contributed by atoms with E-state index in [0.717, 1.165) is 37.0 Å². The SMILES string of the molecule is CC(=O)C1C[C@@H](C)CC2[C@@H]3CCC4CC(C)(O)CCC[C@]4(C)C3CC[C@]12C. The van der Waals surface area contributed by atoms with Crippen molar-refractivity contribution in [1.82, 2.24) is 0 Å². The molecule has 0 radical (unpaired) electrons. The van der Waals surface area contributed by atoms with Gasteiger partial charge in [-0.25, -0.2) is 0 Å². The molecule has 5 unspecified atom stereocenters. The molecule has 9 atom stereocenters. The van der Waals surface area contributed by atoms with Crippen LogP contribution in [0.4, 0.5) is 0 Å². The predicted molar refractivity (Wildman–Crippen MR) is 110 cm³/mol. The van der Waals surface area contributed by atoms with E-state index in [1.165, 1.54) is 44.9 Å². The molecule has 0 saturated heterocycles. The van der Waals surface area contributed by atoms with E-state index in [2.05, 4.69) is 27.7 Å². The van der Waals surface area contributed by atoms with Crippen LogP contribution in [0.3, 0.4) is 0 Å². The molecular formula is C25H42O2. The Balaban J connectivity index is 1.65. The van der Waals surface area contributed by atoms with Gasteiger partial charge in [0.1, 0.15) is 5.78 Å². The third kappa shape index (κ3) is 3.13. The monoisotopic (exact) mass is 374 g/mol. The summed E-state index contributed by atoms with van der Waals surface area (Å²) >= 11 is 0. The Morgan fingerprint density at radius 2 is 1.67 bits per heavy atom. The van der Waals surface area contributed by atoms with Crippen LogP contribution in [0.2, 0.25) is 0 Å². The Kier molecular flexibility index (Phi) is 4.85. The highest BCUT2D eigenvalue weighted by Crippen LogP contribution is 2.67. The van der Waals surface area contributed by atoms with Gasteiger partial charge in [-0.3, -0.25) is 4.79 Å². The molecule has 0 spiro atoms. The first-order valence-corrected chi connectivity index (χ1v) is 11.8. The molecule has 2 nitrogen and oxygen atoms in total. The van der Waals surface area contributed by atoms with Crippen LogP contribution in [0.15, 0.2) is 0 Å². The van der Waals surface area contributed by atoms with E-state index in [-0.39, 0.29) is 11.3 Å². The summed E-state index contributed by atoms with van der Waals surface area (Å²) in [6.07, 6.45) is 12.1. The summed E-state index contributed by atoms with van der Waals surface area (Å²) in [5.41, 5.74) is 0.174. The molecule has 0 aromatic rings. The molecule has 0 aromatic heterocycles. The maximum Gasteiger partial charge on any atom is 0.133 e. The molecule has 4 rings (SSSR count). The van der Waals surface area contributed by atoms with Crippen molar-refractivity contribution in [2.45, 2.75) is 104 Å². The number of aliphatic hydroxyl groups is 1. The van der Waals surface area contributed by atoms with Gasteiger partial charge in [0.25, 0.3) is 0 Å². The van der Waals surface area contributed by atoms with Gasteiger partial charge < -0.3 is 5.11 Å². The first-order chi connectivity index (χ1) is 12.6. The van der Waals surface area contributed by atoms with Gasteiger partial charge in [-0.15, -0.1) is 0 Å². The van der Waals surface area contributed by atoms with Crippen LogP contribution >= 0.6 is 0 Å². The molecule has 0 aromatic carbocycles. The zero-order chi connectivity index (χ0) is 19.6. The van der Waals surface area contributed by atoms with Gasteiger partial charge in [0.2, 0.25) is 0 Å². The average Bonchev–Trinajstić information content (AvgIpc) is 2.69. The fraction of sp³-hybridized carbons (Fsp3) is 0.960. The molecule has 4 aliphatic carbocycles. The van der Waals surface area contributed by atoms with Crippen molar-refractivity contribution in [2.75, 3.05) is 0 Å². The number of carbonyl (C=O) groups excluding carboxylic acids is 1. The minimum atomic E-state index is -0.461. The molecule has 0 bridgehead atoms. The van der Waals surface area contributed by atoms with Gasteiger partial charge in [-0.1, -0.05) is 27.2 Å². The zero-order valence-electron chi connectivity index (χ0n) is 18.4. The van der Waals surface area contributed by atoms with E-state index < -0.39 is 5.60 Å². The molecule has 0 amide bonds. The van der Waals surface area contributed by atoms with Crippen LogP contribution in [-0.2, 0) is 4.79 Å². The normalized spacial score (nSPS) is 55.6. The predicted octanol–water partition coefficient (Wildman–Crippen LogP) is 6.01. The van der Waals surface area contributed by atoms with E-state index >= 15 is 0 Å². The maximum atomic E-state index is 12.5. The molecule has 2 heteroatoms. The topological polar surface area (TPSA) is 37.3 Å². The van der Waals surface area contributed by atoms with E-state index in [0.29, 0.717) is 23.0 Å². The third-order valence-corrected chi connectivity index (χ3v) is 10.2. The summed E-state index contributed by atoms with van der Waals surface area (Å²) in [5, 5.41) is 10.8. The zero-order valence-corrected chi connectivity index (χ0v) is 18.4. The lowest BCUT2D eigenvalue weighted by Crippen LogP contribution is -2.57. The lowest BCUT2D eigenvalue weighted by molar-refractivity contribution is -0.156. The second-order valence-electron chi connectivity index (χ2n) is 12.0. The van der Waals surface area contributed by atoms with E-state index in [9.17, 15) is 9.90 Å². The van der Waals surface area contributed by atoms with Gasteiger partial charge >= 0.3 is 0 Å². The van der Waals surface area contributed by atoms with Crippen LogP contribution in [0.25, 0.3) is 0 Å². The molecule has 0 heterocycles. The molecular weight excluding hydrogens is 332 g/mol. The van der Waals surface area contributed by atoms with Crippen molar-refractivity contribution in [3.05, 3.63) is 0 Å². The summed E-state index contributed by atoms with van der Waals surface area (Å²) in [5.74, 6) is 4.45. The smallest absolute Gasteiger partial charge is 0.133 e. The van der Waals surface area contributed by atoms with Crippen molar-refractivity contribution < 1.29 is 9.90 Å². The Hall–Kier alpha value is -0.370. The molecule has 4 fully saturated rings. The Bertz CT molecular complexity index is 595. The highest BCUT2D eigenvalue weighted by atomic mass is 16.3. The Morgan fingerprint density at radius 1 is 0.926 bits per heavy atom. The Morgan fingerprint density at radius 3 is 2.37 bits per heavy atom. The number of rotatable bonds is 1. The van der Waals surface area contributed by atoms with Gasteiger partial charge in [-0.2, -0.15) is 0 Å². The number of carbonyl (C=O) groups is 1. The van der Waals surface area contributed by atoms with Gasteiger partial charge in [0.05, 0.1) is 5.60 Å². The standard InChI is InChI=1S/C25H42O2/c1-16-13-21(17(2)26)25(5)12-9-20-19(22(25)14-16)8-7-18-15-23(3,27)10-6-11-24(18,20)4/h16,18-22,27H,6-15H2,1-5H3/t16-,18?,19-,20?,21?,22?,23?,24+,25-/m1/s1. The average molecular weight is 375 g/mol. The summed E-state index contributed by atoms with van der Waals surface area (Å²) in [7, 11) is 0. The van der Waals surface area contributed by atoms with E-state index in [1.54, 1.807) is 0 Å². The summed E-state index contributed by atoms with van der Waals surface area (Å²) in [6, 6.07) is 0. The van der Waals surface area contributed by atoms with Crippen molar-refractivity contribution in [1.29, 1.82) is 0 Å². The second kappa shape index (κ2) is 6.57. The number of hydrogen-bond acceptors (Lipinski definition) is 2. The maximum absolute atomic E-state index is 12.5. The summed E-state index contributed by atoms with van der Waals surface area (Å²) in [6.45, 7) is 11.4. The first-order valence-electron chi connectivity index (χ1n) is 11.8. The largest absolute Gasteiger partial charge is 0.390 e. The summed E-state index contributed by atoms with van der Waals surface area (Å²) in [4.78, 5) is 12.5. The molecule has 4 saturated carbocycles. The molecule has 27 heavy (non-hydrogen) atoms. The molecule has 154 valence electrons. The first kappa shape index (κ1) is 19.9. The molecule has 4 aliphatic rings. The van der Waals surface area contributed by atoms with Crippen LogP contribution in [0, 0.1) is 46.3 Å². The van der Waals surface area contributed by atoms with Crippen molar-refractivity contribution in [2.24, 2.45) is 46.3 Å². The van der Waals surface area contributed by atoms with Gasteiger partial charge in [0.15, 0.2) is 0 Å². The van der Waals surface area contributed by atoms with Gasteiger partial charge in [0, 0.05) is 5.92 Å². The van der Waals surface area contributed by atoms with Crippen LogP contribution < -0.4 is 0 Å². The van der Waals surface area contributed by atoms with Crippen molar-refractivity contribution >= 4 is 5.78 Å². The molecule has 0 aliphatic heterocycles. The van der Waals surface area contributed by atoms with Crippen molar-refractivity contribution in [3.63, 3.8) is 0 Å².